The third kappa shape index (κ3) is 4.85. The Hall–Kier alpha value is -2.66. The van der Waals surface area contributed by atoms with E-state index >= 15 is 0 Å². The van der Waals surface area contributed by atoms with Crippen LogP contribution in [-0.4, -0.2) is 56.1 Å². The van der Waals surface area contributed by atoms with E-state index in [-0.39, 0.29) is 31.7 Å². The van der Waals surface area contributed by atoms with Gasteiger partial charge in [0.15, 0.2) is 0 Å². The number of benzene rings is 2. The van der Waals surface area contributed by atoms with E-state index in [1.54, 1.807) is 0 Å². The van der Waals surface area contributed by atoms with Crippen molar-refractivity contribution >= 4 is 15.9 Å². The van der Waals surface area contributed by atoms with E-state index in [1.165, 1.54) is 35.2 Å². The highest BCUT2D eigenvalue weighted by molar-refractivity contribution is 7.89. The predicted octanol–water partition coefficient (Wildman–Crippen LogP) is 2.87. The zero-order chi connectivity index (χ0) is 21.2. The molecule has 0 unspecified atom stereocenters. The standard InChI is InChI=1S/C18H16F4N2O4S/c19-15-3-1-2-4-16(15)29(26,27)24-11-9-23(10-12-24)17(25)13-5-7-14(8-6-13)28-18(20,21)22/h1-8H,9-12H2. The van der Waals surface area contributed by atoms with Crippen LogP contribution in [0.5, 0.6) is 5.75 Å². The number of hydrogen-bond donors (Lipinski definition) is 0. The van der Waals surface area contributed by atoms with Crippen molar-refractivity contribution in [1.82, 2.24) is 9.21 Å². The lowest BCUT2D eigenvalue weighted by Crippen LogP contribution is -2.50. The highest BCUT2D eigenvalue weighted by atomic mass is 32.2. The van der Waals surface area contributed by atoms with Crippen LogP contribution in [0.3, 0.4) is 0 Å². The van der Waals surface area contributed by atoms with Crippen LogP contribution in [0.25, 0.3) is 0 Å². The molecule has 29 heavy (non-hydrogen) atoms. The van der Waals surface area contributed by atoms with Crippen LogP contribution < -0.4 is 4.74 Å². The van der Waals surface area contributed by atoms with Crippen molar-refractivity contribution in [3.8, 4) is 5.75 Å². The molecule has 0 atom stereocenters. The second kappa shape index (κ2) is 7.99. The summed E-state index contributed by atoms with van der Waals surface area (Å²) in [6, 6.07) is 9.49. The highest BCUT2D eigenvalue weighted by Gasteiger charge is 2.33. The molecule has 156 valence electrons. The van der Waals surface area contributed by atoms with Crippen molar-refractivity contribution in [2.24, 2.45) is 0 Å². The summed E-state index contributed by atoms with van der Waals surface area (Å²) in [6.07, 6.45) is -4.83. The lowest BCUT2D eigenvalue weighted by molar-refractivity contribution is -0.274. The average molecular weight is 432 g/mol. The molecule has 0 radical (unpaired) electrons. The molecule has 0 saturated carbocycles. The second-order valence-corrected chi connectivity index (χ2v) is 8.11. The number of ether oxygens (including phenoxy) is 1. The van der Waals surface area contributed by atoms with Crippen LogP contribution in [0, 0.1) is 5.82 Å². The quantitative estimate of drug-likeness (QED) is 0.697. The SMILES string of the molecule is O=C(c1ccc(OC(F)(F)F)cc1)N1CCN(S(=O)(=O)c2ccccc2F)CC1. The zero-order valence-electron chi connectivity index (χ0n) is 14.9. The fraction of sp³-hybridized carbons (Fsp3) is 0.278. The summed E-state index contributed by atoms with van der Waals surface area (Å²) in [5.41, 5.74) is 0.143. The Kier molecular flexibility index (Phi) is 5.80. The molecule has 0 aliphatic carbocycles. The first-order chi connectivity index (χ1) is 13.6. The van der Waals surface area contributed by atoms with E-state index in [1.807, 2.05) is 0 Å². The third-order valence-electron chi connectivity index (χ3n) is 4.32. The van der Waals surface area contributed by atoms with Gasteiger partial charge in [0.1, 0.15) is 16.5 Å². The molecular formula is C18H16F4N2O4S. The maximum atomic E-state index is 13.9. The van der Waals surface area contributed by atoms with Gasteiger partial charge in [0, 0.05) is 31.7 Å². The van der Waals surface area contributed by atoms with Gasteiger partial charge in [-0.05, 0) is 36.4 Å². The van der Waals surface area contributed by atoms with Gasteiger partial charge in [0.2, 0.25) is 10.0 Å². The van der Waals surface area contributed by atoms with Crippen LogP contribution in [0.1, 0.15) is 10.4 Å². The summed E-state index contributed by atoms with van der Waals surface area (Å²) in [6.45, 7) is 0.0655. The second-order valence-electron chi connectivity index (χ2n) is 6.20. The fourth-order valence-corrected chi connectivity index (χ4v) is 4.39. The van der Waals surface area contributed by atoms with Crippen LogP contribution in [0.2, 0.25) is 0 Å². The van der Waals surface area contributed by atoms with Gasteiger partial charge in [-0.2, -0.15) is 4.31 Å². The molecule has 1 amide bonds. The number of rotatable bonds is 4. The molecule has 3 rings (SSSR count). The third-order valence-corrected chi connectivity index (χ3v) is 6.25. The van der Waals surface area contributed by atoms with Crippen molar-refractivity contribution in [3.63, 3.8) is 0 Å². The van der Waals surface area contributed by atoms with Gasteiger partial charge in [-0.15, -0.1) is 13.2 Å². The maximum Gasteiger partial charge on any atom is 0.573 e. The maximum absolute atomic E-state index is 13.9. The molecule has 6 nitrogen and oxygen atoms in total. The largest absolute Gasteiger partial charge is 0.573 e. The van der Waals surface area contributed by atoms with Gasteiger partial charge in [0.05, 0.1) is 0 Å². The van der Waals surface area contributed by atoms with Gasteiger partial charge in [0.25, 0.3) is 5.91 Å². The van der Waals surface area contributed by atoms with Gasteiger partial charge >= 0.3 is 6.36 Å². The summed E-state index contributed by atoms with van der Waals surface area (Å²) in [4.78, 5) is 13.5. The zero-order valence-corrected chi connectivity index (χ0v) is 15.7. The normalized spacial score (nSPS) is 15.9. The summed E-state index contributed by atoms with van der Waals surface area (Å²) in [5, 5.41) is 0. The van der Waals surface area contributed by atoms with Crippen molar-refractivity contribution in [2.45, 2.75) is 11.3 Å². The predicted molar refractivity (Wildman–Crippen MR) is 94.2 cm³/mol. The fourth-order valence-electron chi connectivity index (χ4n) is 2.91. The summed E-state index contributed by atoms with van der Waals surface area (Å²) in [5.74, 6) is -1.76. The molecule has 0 aromatic heterocycles. The number of sulfonamides is 1. The van der Waals surface area contributed by atoms with Gasteiger partial charge < -0.3 is 9.64 Å². The summed E-state index contributed by atoms with van der Waals surface area (Å²) >= 11 is 0. The number of carbonyl (C=O) groups is 1. The van der Waals surface area contributed by atoms with E-state index in [4.69, 9.17) is 0 Å². The van der Waals surface area contributed by atoms with Crippen molar-refractivity contribution < 1.29 is 35.5 Å². The molecule has 1 fully saturated rings. The topological polar surface area (TPSA) is 66.9 Å². The van der Waals surface area contributed by atoms with Crippen LogP contribution in [0.4, 0.5) is 17.6 Å². The van der Waals surface area contributed by atoms with E-state index in [0.29, 0.717) is 0 Å². The molecule has 2 aromatic carbocycles. The number of amides is 1. The molecule has 0 bridgehead atoms. The van der Waals surface area contributed by atoms with Gasteiger partial charge in [-0.25, -0.2) is 12.8 Å². The van der Waals surface area contributed by atoms with E-state index in [2.05, 4.69) is 4.74 Å². The van der Waals surface area contributed by atoms with Gasteiger partial charge in [-0.1, -0.05) is 12.1 Å². The molecule has 1 aliphatic rings. The lowest BCUT2D eigenvalue weighted by Gasteiger charge is -2.34. The molecule has 1 heterocycles. The average Bonchev–Trinajstić information content (AvgIpc) is 2.67. The number of piperazine rings is 1. The lowest BCUT2D eigenvalue weighted by atomic mass is 10.2. The van der Waals surface area contributed by atoms with Crippen molar-refractivity contribution in [3.05, 3.63) is 59.9 Å². The first-order valence-electron chi connectivity index (χ1n) is 8.48. The Morgan fingerprint density at radius 2 is 1.52 bits per heavy atom. The number of carbonyl (C=O) groups excluding carboxylic acids is 1. The Morgan fingerprint density at radius 3 is 2.07 bits per heavy atom. The minimum atomic E-state index is -4.83. The van der Waals surface area contributed by atoms with Crippen LogP contribution in [0.15, 0.2) is 53.4 Å². The minimum Gasteiger partial charge on any atom is -0.406 e. The molecular weight excluding hydrogens is 416 g/mol. The summed E-state index contributed by atoms with van der Waals surface area (Å²) < 4.78 is 80.5. The van der Waals surface area contributed by atoms with Crippen molar-refractivity contribution in [1.29, 1.82) is 0 Å². The summed E-state index contributed by atoms with van der Waals surface area (Å²) in [7, 11) is -4.03. The molecule has 11 heteroatoms. The Labute approximate surface area is 164 Å². The number of nitrogens with zero attached hydrogens (tertiary/aromatic N) is 2. The Bertz CT molecular complexity index is 986. The Balaban J connectivity index is 1.65. The minimum absolute atomic E-state index is 0.0301. The van der Waals surface area contributed by atoms with E-state index in [9.17, 15) is 30.8 Å². The van der Waals surface area contributed by atoms with E-state index in [0.717, 1.165) is 22.5 Å². The Morgan fingerprint density at radius 1 is 0.931 bits per heavy atom. The van der Waals surface area contributed by atoms with Crippen LogP contribution in [-0.2, 0) is 10.0 Å². The molecule has 0 N–H and O–H groups in total. The van der Waals surface area contributed by atoms with Crippen molar-refractivity contribution in [2.75, 3.05) is 26.2 Å². The van der Waals surface area contributed by atoms with Gasteiger partial charge in [-0.3, -0.25) is 4.79 Å². The molecule has 0 spiro atoms. The highest BCUT2D eigenvalue weighted by Crippen LogP contribution is 2.24. The molecule has 1 aliphatic heterocycles. The number of hydrogen-bond acceptors (Lipinski definition) is 4. The molecule has 2 aromatic rings. The molecule has 1 saturated heterocycles. The van der Waals surface area contributed by atoms with E-state index < -0.39 is 38.8 Å². The smallest absolute Gasteiger partial charge is 0.406 e. The first kappa shape index (κ1) is 21.1. The number of alkyl halides is 3. The monoisotopic (exact) mass is 432 g/mol. The first-order valence-corrected chi connectivity index (χ1v) is 9.92. The number of halogens is 4. The van der Waals surface area contributed by atoms with Crippen LogP contribution >= 0.6 is 0 Å².